The molecule has 0 unspecified atom stereocenters. The van der Waals surface area contributed by atoms with Gasteiger partial charge in [0.15, 0.2) is 17.3 Å². The molecule has 3 heterocycles. The van der Waals surface area contributed by atoms with Gasteiger partial charge in [-0.1, -0.05) is 121 Å². The lowest BCUT2D eigenvalue weighted by atomic mass is 9.97. The molecule has 23 heteroatoms. The van der Waals surface area contributed by atoms with Gasteiger partial charge in [0, 0.05) is 163 Å². The molecule has 0 aliphatic rings. The predicted molar refractivity (Wildman–Crippen MR) is 440 cm³/mol. The second-order valence-electron chi connectivity index (χ2n) is 23.0. The van der Waals surface area contributed by atoms with Gasteiger partial charge in [-0.15, -0.1) is 23.2 Å². The van der Waals surface area contributed by atoms with Gasteiger partial charge < -0.3 is 27.9 Å². The van der Waals surface area contributed by atoms with Crippen molar-refractivity contribution in [1.29, 1.82) is 0 Å². The number of ketones is 3. The van der Waals surface area contributed by atoms with Crippen LogP contribution in [0.4, 0.5) is 0 Å². The third-order valence-electron chi connectivity index (χ3n) is 16.3. The lowest BCUT2D eigenvalue weighted by Gasteiger charge is -2.08. The monoisotopic (exact) mass is 1620 g/mol. The smallest absolute Gasteiger partial charge is 0.380 e. The third-order valence-corrected chi connectivity index (χ3v) is 17.3. The van der Waals surface area contributed by atoms with Crippen molar-refractivity contribution in [3.63, 3.8) is 0 Å². The molecule has 0 bridgehead atoms. The molecule has 3 aromatic heterocycles. The van der Waals surface area contributed by atoms with E-state index < -0.39 is 28.0 Å². The zero-order valence-corrected chi connectivity index (χ0v) is 68.1. The molecule has 12 aromatic rings. The minimum Gasteiger partial charge on any atom is -0.380 e. The maximum absolute atomic E-state index is 13.3. The quantitative estimate of drug-likeness (QED) is 0.0192. The van der Waals surface area contributed by atoms with Crippen LogP contribution in [-0.2, 0) is 38.6 Å². The van der Waals surface area contributed by atoms with Crippen LogP contribution in [-0.4, -0.2) is 116 Å². The Morgan fingerprint density at radius 3 is 0.951 bits per heavy atom. The standard InChI is InChI=1S/C28H28ClNO3.C24H23NO2.C16H17NO.C8H7ClO.C4H6Cl2O.2Al.6ClH/c1-3-33-16-15-30-25-12-10-20(27(31)9-6-14-29)17-23(25)24-18-21(11-13-26(24)30)28(32)22-8-5-4-7-19(22)2;1-3-27-15-14-25-22-11-7-6-10-20(22)21-16-18(12-13-23(21)25)24(26)19-9-5-4-8-17(19)2;1-2-18-12-11-17-15-9-5-3-7-13(15)14-8-4-6-10-16(14)17;1-6-4-2-3-5-7(6)8(9)10;5-3-1-2-4(6)7;;;;;;;;/h4-5,7-8,10-13,17-18H,3,6,9,14-16H2,1-2H3;4-13,16H,3,14-15H2,1-2H3;3-10H,2,11-12H2,1H3;2-5H,1H3;1-3H2;;;6*1H/q;;;;;2*+3;;;;;;/p-6. The largest absolute Gasteiger partial charge is 0.643 e. The Kier molecular flexibility index (Phi) is 38.6. The van der Waals surface area contributed by atoms with E-state index >= 15 is 0 Å². The average molecular weight is 1620 g/mol. The number of Topliss-reactive ketones (excluding diaryl/α,β-unsaturated/α-hetero) is 1. The summed E-state index contributed by atoms with van der Waals surface area (Å²) in [7, 11) is 29.7. The van der Waals surface area contributed by atoms with E-state index in [4.69, 9.17) is 121 Å². The number of benzene rings is 9. The van der Waals surface area contributed by atoms with Crippen molar-refractivity contribution in [3.05, 3.63) is 250 Å². The van der Waals surface area contributed by atoms with E-state index in [1.165, 1.54) is 32.7 Å². The number of nitrogens with zero attached hydrogens (tertiary/aromatic N) is 3. The molecule has 12 rings (SSSR count). The number of hydrogen-bond donors (Lipinski definition) is 0. The fourth-order valence-corrected chi connectivity index (χ4v) is 12.2. The number of fused-ring (bicyclic) bond motifs is 9. The molecule has 0 radical (unpaired) electrons. The maximum Gasteiger partial charge on any atom is 0.643 e. The van der Waals surface area contributed by atoms with Gasteiger partial charge in [-0.25, -0.2) is 60.3 Å². The number of aromatic nitrogens is 3. The summed E-state index contributed by atoms with van der Waals surface area (Å²) in [4.78, 5) is 59.5. The molecular weight excluding hydrogens is 1540 g/mol. The highest BCUT2D eigenvalue weighted by Gasteiger charge is 2.20. The second kappa shape index (κ2) is 45.9. The first-order chi connectivity index (χ1) is 49.6. The molecule has 540 valence electrons. The lowest BCUT2D eigenvalue weighted by molar-refractivity contribution is -0.111. The third kappa shape index (κ3) is 25.9. The molecule has 0 atom stereocenters. The Morgan fingerprint density at radius 2 is 0.641 bits per heavy atom. The maximum atomic E-state index is 13.3. The van der Waals surface area contributed by atoms with E-state index in [0.717, 1.165) is 86.8 Å². The van der Waals surface area contributed by atoms with Crippen LogP contribution in [0.2, 0.25) is 0 Å². The minimum atomic E-state index is -1.72. The SMILES string of the molecule is CCOCCn1c2ccc(C(=O)CCCCl)cc2c2cc(C(=O)c3ccccc3C)ccc21.CCOCCn1c2ccccc2c2cc(C(=O)c3ccccc3C)ccc21.CCOCCn1c2ccccc2c2ccccc21.Cc1ccccc1C(=O)Cl.O=C(Cl)CCCCl.[Cl][Al]([Cl])[Cl].[Cl][Al]([Cl])[Cl]. The fourth-order valence-electron chi connectivity index (χ4n) is 11.6. The Balaban J connectivity index is 0.000000212. The summed E-state index contributed by atoms with van der Waals surface area (Å²) in [6.45, 7) is 18.4. The first-order valence-electron chi connectivity index (χ1n) is 33.5. The average Bonchev–Trinajstić information content (AvgIpc) is 1.62. The van der Waals surface area contributed by atoms with Crippen molar-refractivity contribution < 1.29 is 38.2 Å². The van der Waals surface area contributed by atoms with Gasteiger partial charge in [-0.2, -0.15) is 0 Å². The zero-order valence-electron chi connectivity index (χ0n) is 58.2. The Bertz CT molecular complexity index is 4690. The van der Waals surface area contributed by atoms with E-state index in [2.05, 4.69) is 86.5 Å². The highest BCUT2D eigenvalue weighted by molar-refractivity contribution is 7.54. The number of ether oxygens (including phenoxy) is 3. The van der Waals surface area contributed by atoms with Crippen LogP contribution < -0.4 is 0 Å². The summed E-state index contributed by atoms with van der Waals surface area (Å²) in [5.41, 5.74) is 13.9. The molecule has 0 saturated heterocycles. The summed E-state index contributed by atoms with van der Waals surface area (Å²) in [5, 5.41) is 6.17. The number of aryl methyl sites for hydroxylation is 3. The van der Waals surface area contributed by atoms with Gasteiger partial charge in [0.05, 0.1) is 19.8 Å². The summed E-state index contributed by atoms with van der Waals surface area (Å²) in [6, 6.07) is 65.8. The van der Waals surface area contributed by atoms with Gasteiger partial charge >= 0.3 is 22.8 Å². The molecule has 0 fully saturated rings. The summed E-state index contributed by atoms with van der Waals surface area (Å²) >= 11 is 17.8. The van der Waals surface area contributed by atoms with Crippen LogP contribution in [0.3, 0.4) is 0 Å². The lowest BCUT2D eigenvalue weighted by Crippen LogP contribution is -2.06. The molecular formula is C80H81Al2Cl10N3O8. The molecule has 0 spiro atoms. The highest BCUT2D eigenvalue weighted by Crippen LogP contribution is 2.34. The van der Waals surface area contributed by atoms with E-state index in [0.29, 0.717) is 92.7 Å². The van der Waals surface area contributed by atoms with Crippen LogP contribution in [0.5, 0.6) is 0 Å². The van der Waals surface area contributed by atoms with E-state index in [-0.39, 0.29) is 22.6 Å². The minimum absolute atomic E-state index is 0.000408. The van der Waals surface area contributed by atoms with Crippen molar-refractivity contribution in [1.82, 2.24) is 13.7 Å². The van der Waals surface area contributed by atoms with Crippen molar-refractivity contribution in [2.45, 2.75) is 86.9 Å². The first kappa shape index (κ1) is 86.5. The number of alkyl halides is 2. The number of carbonyl (C=O) groups is 5. The van der Waals surface area contributed by atoms with Crippen LogP contribution in [0.25, 0.3) is 65.4 Å². The fraction of sp³-hybridized carbons (Fsp3) is 0.263. The Labute approximate surface area is 657 Å². The number of halogens is 10. The van der Waals surface area contributed by atoms with Crippen LogP contribution in [0, 0.1) is 20.8 Å². The molecule has 0 N–H and O–H groups in total. The molecule has 0 aliphatic heterocycles. The number of rotatable bonds is 24. The summed E-state index contributed by atoms with van der Waals surface area (Å²) in [6.07, 6.45) is 2.16. The van der Waals surface area contributed by atoms with E-state index in [1.807, 2.05) is 157 Å². The molecule has 11 nitrogen and oxygen atoms in total. The van der Waals surface area contributed by atoms with E-state index in [9.17, 15) is 24.0 Å². The zero-order chi connectivity index (χ0) is 75.0. The summed E-state index contributed by atoms with van der Waals surface area (Å²) < 4.78 is 23.5. The van der Waals surface area contributed by atoms with Crippen molar-refractivity contribution >= 4 is 223 Å². The van der Waals surface area contributed by atoms with Crippen LogP contribution in [0.15, 0.2) is 200 Å². The van der Waals surface area contributed by atoms with Crippen molar-refractivity contribution in [2.75, 3.05) is 51.4 Å². The van der Waals surface area contributed by atoms with Crippen LogP contribution >= 0.6 is 107 Å². The van der Waals surface area contributed by atoms with Gasteiger partial charge in [-0.05, 0) is 173 Å². The number of carbonyl (C=O) groups excluding carboxylic acids is 5. The van der Waals surface area contributed by atoms with Gasteiger partial charge in [0.1, 0.15) is 0 Å². The molecule has 103 heavy (non-hydrogen) atoms. The van der Waals surface area contributed by atoms with Gasteiger partial charge in [0.2, 0.25) is 5.24 Å². The number of hydrogen-bond acceptors (Lipinski definition) is 8. The topological polar surface area (TPSA) is 128 Å². The van der Waals surface area contributed by atoms with Gasteiger partial charge in [0.25, 0.3) is 5.24 Å². The highest BCUT2D eigenvalue weighted by atomic mass is 35.8. The van der Waals surface area contributed by atoms with Gasteiger partial charge in [-0.3, -0.25) is 24.0 Å². The molecule has 0 aliphatic carbocycles. The first-order valence-corrected chi connectivity index (χ1v) is 45.8. The normalized spacial score (nSPS) is 10.6. The Hall–Kier alpha value is -5.43. The molecule has 0 saturated carbocycles. The predicted octanol–water partition coefficient (Wildman–Crippen LogP) is 23.3. The van der Waals surface area contributed by atoms with Crippen LogP contribution in [0.1, 0.15) is 116 Å². The number of para-hydroxylation sites is 3. The Morgan fingerprint density at radius 1 is 0.359 bits per heavy atom. The van der Waals surface area contributed by atoms with Crippen molar-refractivity contribution in [3.8, 4) is 0 Å². The second-order valence-corrected chi connectivity index (χ2v) is 37.4. The van der Waals surface area contributed by atoms with E-state index in [1.54, 1.807) is 12.1 Å². The molecule has 0 amide bonds. The molecule has 9 aromatic carbocycles. The van der Waals surface area contributed by atoms with Crippen molar-refractivity contribution in [2.24, 2.45) is 0 Å². The summed E-state index contributed by atoms with van der Waals surface area (Å²) in [5.74, 6) is 1.13.